The van der Waals surface area contributed by atoms with Crippen LogP contribution in [0, 0.1) is 0 Å². The van der Waals surface area contributed by atoms with Gasteiger partial charge in [0.05, 0.1) is 34.9 Å². The number of carbonyl (C=O) groups excluding carboxylic acids is 2. The molecule has 12 nitrogen and oxygen atoms in total. The monoisotopic (exact) mass is 810 g/mol. The lowest BCUT2D eigenvalue weighted by molar-refractivity contribution is 0.0810. The summed E-state index contributed by atoms with van der Waals surface area (Å²) in [7, 11) is 3.57. The van der Waals surface area contributed by atoms with Gasteiger partial charge in [-0.3, -0.25) is 9.59 Å². The standard InChI is InChI=1S/C28H31ClN6O.C13H10Cl2N4O/c1-34-17-20-5-4-6-24(25(20)27(34)36)32-26-23(29)16-30-28(33-26)31-21-10-7-18-8-11-22(12-9-19(18)15-21)35-13-2-3-14-35;1-19-6-7-3-2-4-9(10(7)12(19)20)17-11-8(14)5-16-13(15)18-11/h4-7,10,15-16,22H,2-3,8-9,11-14,17H2,1H3,(H2,30,31,32,33);2-5H,6H2,1H3,(H,16,17,18). The van der Waals surface area contributed by atoms with Gasteiger partial charge in [-0.2, -0.15) is 9.97 Å². The van der Waals surface area contributed by atoms with Gasteiger partial charge in [0.2, 0.25) is 11.2 Å². The molecule has 5 aromatic rings. The van der Waals surface area contributed by atoms with E-state index in [1.807, 2.05) is 36.4 Å². The second kappa shape index (κ2) is 16.2. The number of amides is 2. The molecule has 2 amide bonds. The lowest BCUT2D eigenvalue weighted by Crippen LogP contribution is -2.32. The summed E-state index contributed by atoms with van der Waals surface area (Å²) < 4.78 is 0. The molecule has 9 rings (SSSR count). The number of anilines is 6. The molecule has 2 aromatic heterocycles. The lowest BCUT2D eigenvalue weighted by Gasteiger charge is -2.25. The Morgan fingerprint density at radius 1 is 0.661 bits per heavy atom. The Labute approximate surface area is 340 Å². The number of halogens is 3. The van der Waals surface area contributed by atoms with Gasteiger partial charge >= 0.3 is 0 Å². The smallest absolute Gasteiger partial charge is 0.256 e. The Hall–Kier alpha value is -5.01. The van der Waals surface area contributed by atoms with Crippen LogP contribution in [-0.2, 0) is 25.9 Å². The summed E-state index contributed by atoms with van der Waals surface area (Å²) in [5.74, 6) is 1.27. The molecule has 1 fully saturated rings. The molecule has 1 atom stereocenters. The second-order valence-electron chi connectivity index (χ2n) is 14.6. The number of benzene rings is 3. The normalized spacial score (nSPS) is 17.5. The predicted molar refractivity (Wildman–Crippen MR) is 221 cm³/mol. The van der Waals surface area contributed by atoms with Crippen molar-refractivity contribution >= 4 is 81.3 Å². The van der Waals surface area contributed by atoms with E-state index in [-0.39, 0.29) is 17.1 Å². The van der Waals surface area contributed by atoms with Gasteiger partial charge in [-0.25, -0.2) is 9.97 Å². The minimum atomic E-state index is -0.0284. The fourth-order valence-corrected chi connectivity index (χ4v) is 8.40. The number of nitrogens with one attached hydrogen (secondary N) is 3. The van der Waals surface area contributed by atoms with Crippen LogP contribution in [-0.4, -0.2) is 79.7 Å². The maximum atomic E-state index is 12.6. The number of aryl methyl sites for hydroxylation is 2. The molecule has 1 saturated heterocycles. The van der Waals surface area contributed by atoms with Gasteiger partial charge in [-0.15, -0.1) is 0 Å². The molecule has 5 heterocycles. The van der Waals surface area contributed by atoms with Crippen molar-refractivity contribution in [1.82, 2.24) is 34.6 Å². The first-order valence-corrected chi connectivity index (χ1v) is 19.9. The summed E-state index contributed by atoms with van der Waals surface area (Å²) in [6, 6.07) is 18.7. The zero-order valence-electron chi connectivity index (χ0n) is 31.1. The van der Waals surface area contributed by atoms with Crippen LogP contribution in [0.2, 0.25) is 15.3 Å². The van der Waals surface area contributed by atoms with Gasteiger partial charge in [-0.05, 0) is 110 Å². The molecule has 0 bridgehead atoms. The van der Waals surface area contributed by atoms with Gasteiger partial charge in [0.15, 0.2) is 11.6 Å². The molecule has 1 aliphatic carbocycles. The van der Waals surface area contributed by atoms with Crippen molar-refractivity contribution in [2.45, 2.75) is 57.7 Å². The van der Waals surface area contributed by atoms with Crippen molar-refractivity contribution < 1.29 is 9.59 Å². The summed E-state index contributed by atoms with van der Waals surface area (Å²) in [6.45, 7) is 3.72. The summed E-state index contributed by atoms with van der Waals surface area (Å²) in [5, 5.41) is 10.5. The predicted octanol–water partition coefficient (Wildman–Crippen LogP) is 8.66. The third-order valence-electron chi connectivity index (χ3n) is 10.8. The van der Waals surface area contributed by atoms with Gasteiger partial charge in [0, 0.05) is 38.9 Å². The van der Waals surface area contributed by atoms with Crippen LogP contribution in [0.5, 0.6) is 0 Å². The Bertz CT molecular complexity index is 2320. The van der Waals surface area contributed by atoms with E-state index < -0.39 is 0 Å². The molecule has 288 valence electrons. The van der Waals surface area contributed by atoms with Gasteiger partial charge in [-0.1, -0.05) is 53.5 Å². The Balaban J connectivity index is 0.000000186. The van der Waals surface area contributed by atoms with Gasteiger partial charge < -0.3 is 30.7 Å². The van der Waals surface area contributed by atoms with Crippen LogP contribution >= 0.6 is 34.8 Å². The highest BCUT2D eigenvalue weighted by atomic mass is 35.5. The highest BCUT2D eigenvalue weighted by Crippen LogP contribution is 2.34. The van der Waals surface area contributed by atoms with E-state index in [2.05, 4.69) is 59.0 Å². The van der Waals surface area contributed by atoms with E-state index in [4.69, 9.17) is 34.8 Å². The summed E-state index contributed by atoms with van der Waals surface area (Å²) >= 11 is 18.2. The van der Waals surface area contributed by atoms with Crippen LogP contribution in [0.4, 0.5) is 34.6 Å². The zero-order valence-corrected chi connectivity index (χ0v) is 33.3. The largest absolute Gasteiger partial charge is 0.338 e. The Morgan fingerprint density at radius 2 is 1.23 bits per heavy atom. The fourth-order valence-electron chi connectivity index (χ4n) is 7.99. The van der Waals surface area contributed by atoms with Crippen molar-refractivity contribution in [3.8, 4) is 0 Å². The third-order valence-corrected chi connectivity index (χ3v) is 11.6. The second-order valence-corrected chi connectivity index (χ2v) is 15.7. The zero-order chi connectivity index (χ0) is 38.9. The van der Waals surface area contributed by atoms with E-state index in [1.54, 1.807) is 30.1 Å². The maximum absolute atomic E-state index is 12.6. The van der Waals surface area contributed by atoms with Crippen LogP contribution in [0.25, 0.3) is 0 Å². The molecule has 0 radical (unpaired) electrons. The number of hydrogen-bond donors (Lipinski definition) is 3. The third kappa shape index (κ3) is 7.97. The average Bonchev–Trinajstić information content (AvgIpc) is 3.86. The molecular formula is C41H41Cl3N10O2. The number of hydrogen-bond acceptors (Lipinski definition) is 10. The van der Waals surface area contributed by atoms with E-state index >= 15 is 0 Å². The van der Waals surface area contributed by atoms with Crippen LogP contribution in [0.1, 0.15) is 68.7 Å². The summed E-state index contributed by atoms with van der Waals surface area (Å²) in [6.07, 6.45) is 10.4. The maximum Gasteiger partial charge on any atom is 0.256 e. The molecule has 3 N–H and O–H groups in total. The molecule has 0 spiro atoms. The van der Waals surface area contributed by atoms with Gasteiger partial charge in [0.1, 0.15) is 10.0 Å². The van der Waals surface area contributed by atoms with Gasteiger partial charge in [0.25, 0.3) is 11.8 Å². The number of fused-ring (bicyclic) bond motifs is 3. The summed E-state index contributed by atoms with van der Waals surface area (Å²) in [4.78, 5) is 47.7. The molecule has 3 aromatic carbocycles. The first-order chi connectivity index (χ1) is 27.1. The summed E-state index contributed by atoms with van der Waals surface area (Å²) in [5.41, 5.74) is 8.47. The van der Waals surface area contributed by atoms with E-state index in [9.17, 15) is 9.59 Å². The van der Waals surface area contributed by atoms with Crippen molar-refractivity contribution in [3.05, 3.63) is 116 Å². The number of carbonyl (C=O) groups is 2. The molecular weight excluding hydrogens is 771 g/mol. The number of rotatable bonds is 7. The van der Waals surface area contributed by atoms with E-state index in [0.29, 0.717) is 69.3 Å². The van der Waals surface area contributed by atoms with Crippen molar-refractivity contribution in [1.29, 1.82) is 0 Å². The van der Waals surface area contributed by atoms with Crippen LogP contribution < -0.4 is 16.0 Å². The minimum absolute atomic E-state index is 0.00595. The molecule has 1 unspecified atom stereocenters. The topological polar surface area (TPSA) is 132 Å². The molecule has 56 heavy (non-hydrogen) atoms. The highest BCUT2D eigenvalue weighted by molar-refractivity contribution is 6.34. The molecule has 0 saturated carbocycles. The van der Waals surface area contributed by atoms with Crippen LogP contribution in [0.15, 0.2) is 67.0 Å². The van der Waals surface area contributed by atoms with Crippen molar-refractivity contribution in [3.63, 3.8) is 0 Å². The fraction of sp³-hybridized carbons (Fsp3) is 0.317. The number of nitrogens with zero attached hydrogens (tertiary/aromatic N) is 7. The van der Waals surface area contributed by atoms with Crippen molar-refractivity contribution in [2.24, 2.45) is 0 Å². The molecule has 15 heteroatoms. The van der Waals surface area contributed by atoms with E-state index in [0.717, 1.165) is 29.7 Å². The minimum Gasteiger partial charge on any atom is -0.338 e. The molecule has 4 aliphatic rings. The Kier molecular flexibility index (Phi) is 11.0. The van der Waals surface area contributed by atoms with Crippen LogP contribution in [0.3, 0.4) is 0 Å². The first kappa shape index (κ1) is 37.9. The quantitative estimate of drug-likeness (QED) is 0.108. The van der Waals surface area contributed by atoms with E-state index in [1.165, 1.54) is 56.1 Å². The first-order valence-electron chi connectivity index (χ1n) is 18.7. The van der Waals surface area contributed by atoms with Crippen molar-refractivity contribution in [2.75, 3.05) is 43.1 Å². The lowest BCUT2D eigenvalue weighted by atomic mass is 10.0. The number of aromatic nitrogens is 4. The number of likely N-dealkylation sites (tertiary alicyclic amines) is 1. The highest BCUT2D eigenvalue weighted by Gasteiger charge is 2.29. The average molecular weight is 812 g/mol. The Morgan fingerprint density at radius 3 is 1.86 bits per heavy atom. The molecule has 3 aliphatic heterocycles. The SMILES string of the molecule is CN1Cc2cccc(Nc3nc(Cl)ncc3Cl)c2C1=O.CN1Cc2cccc(Nc3nc(Nc4ccc5c(c4)CCC(N4CCCC4)CC5)ncc3Cl)c2C1=O.